The molecule has 0 aromatic heterocycles. The van der Waals surface area contributed by atoms with Crippen LogP contribution in [0.2, 0.25) is 0 Å². The Morgan fingerprint density at radius 3 is 2.35 bits per heavy atom. The maximum absolute atomic E-state index is 12.7. The van der Waals surface area contributed by atoms with Gasteiger partial charge in [-0.15, -0.1) is 0 Å². The summed E-state index contributed by atoms with van der Waals surface area (Å²) in [5.74, 6) is -1.07. The highest BCUT2D eigenvalue weighted by Crippen LogP contribution is 2.22. The number of carbonyl (C=O) groups is 3. The fourth-order valence-electron chi connectivity index (χ4n) is 2.61. The van der Waals surface area contributed by atoms with E-state index in [-0.39, 0.29) is 24.7 Å². The van der Waals surface area contributed by atoms with Crippen molar-refractivity contribution in [2.45, 2.75) is 19.9 Å². The number of Topliss-reactive ketones (excluding diaryl/α,β-unsaturated/α-hetero) is 1. The minimum atomic E-state index is -1.08. The summed E-state index contributed by atoms with van der Waals surface area (Å²) in [5, 5.41) is 9.13. The molecule has 1 N–H and O–H groups in total. The predicted octanol–water partition coefficient (Wildman–Crippen LogP) is 2.55. The first-order valence-corrected chi connectivity index (χ1v) is 8.12. The van der Waals surface area contributed by atoms with Crippen molar-refractivity contribution in [1.82, 2.24) is 4.90 Å². The first-order chi connectivity index (χ1) is 12.4. The van der Waals surface area contributed by atoms with Crippen molar-refractivity contribution in [3.8, 4) is 5.75 Å². The number of nitrogens with zero attached hydrogens (tertiary/aromatic N) is 1. The second-order valence-corrected chi connectivity index (χ2v) is 5.89. The molecule has 0 aliphatic rings. The minimum absolute atomic E-state index is 0.0512. The lowest BCUT2D eigenvalue weighted by atomic mass is 10.0. The number of rotatable bonds is 8. The van der Waals surface area contributed by atoms with Crippen molar-refractivity contribution in [3.05, 3.63) is 65.2 Å². The van der Waals surface area contributed by atoms with Gasteiger partial charge in [0.25, 0.3) is 0 Å². The van der Waals surface area contributed by atoms with Crippen LogP contribution in [0.5, 0.6) is 5.75 Å². The first-order valence-electron chi connectivity index (χ1n) is 8.12. The lowest BCUT2D eigenvalue weighted by molar-refractivity contribution is -0.144. The molecule has 136 valence electrons. The van der Waals surface area contributed by atoms with Crippen LogP contribution in [0.25, 0.3) is 0 Å². The quantitative estimate of drug-likeness (QED) is 0.736. The maximum atomic E-state index is 12.7. The highest BCUT2D eigenvalue weighted by Gasteiger charge is 2.20. The van der Waals surface area contributed by atoms with Crippen LogP contribution < -0.4 is 4.74 Å². The molecule has 0 aliphatic heterocycles. The van der Waals surface area contributed by atoms with E-state index in [0.29, 0.717) is 16.9 Å². The summed E-state index contributed by atoms with van der Waals surface area (Å²) >= 11 is 0. The number of aliphatic carboxylic acids is 1. The molecule has 0 spiro atoms. The average molecular weight is 355 g/mol. The van der Waals surface area contributed by atoms with E-state index in [2.05, 4.69) is 0 Å². The van der Waals surface area contributed by atoms with Crippen molar-refractivity contribution in [2.75, 3.05) is 13.7 Å². The number of carboxylic acids is 1. The van der Waals surface area contributed by atoms with Gasteiger partial charge < -0.3 is 14.7 Å². The van der Waals surface area contributed by atoms with Crippen LogP contribution in [0.3, 0.4) is 0 Å². The molecular formula is C20H21NO5. The number of methoxy groups -OCH3 is 1. The maximum Gasteiger partial charge on any atom is 0.323 e. The number of hydrogen-bond donors (Lipinski definition) is 1. The molecule has 6 heteroatoms. The number of ether oxygens (including phenoxy) is 1. The standard InChI is InChI=1S/C20H21NO5/c1-14(22)16-8-9-18(26-2)17(10-16)11-19(23)21(13-20(24)25)12-15-6-4-3-5-7-15/h3-10H,11-13H2,1-2H3,(H,24,25). The molecule has 0 bridgehead atoms. The molecule has 2 aromatic carbocycles. The Morgan fingerprint density at radius 2 is 1.77 bits per heavy atom. The van der Waals surface area contributed by atoms with Gasteiger partial charge in [-0.05, 0) is 30.7 Å². The molecule has 0 atom stereocenters. The molecule has 0 unspecified atom stereocenters. The minimum Gasteiger partial charge on any atom is -0.496 e. The molecular weight excluding hydrogens is 334 g/mol. The Morgan fingerprint density at radius 1 is 1.08 bits per heavy atom. The van der Waals surface area contributed by atoms with E-state index in [1.165, 1.54) is 18.9 Å². The fraction of sp³-hybridized carbons (Fsp3) is 0.250. The summed E-state index contributed by atoms with van der Waals surface area (Å²) in [6, 6.07) is 14.1. The second kappa shape index (κ2) is 8.80. The summed E-state index contributed by atoms with van der Waals surface area (Å²) in [5.41, 5.74) is 1.86. The number of carboxylic acid groups (broad SMARTS) is 1. The van der Waals surface area contributed by atoms with Crippen LogP contribution in [-0.4, -0.2) is 41.3 Å². The zero-order valence-electron chi connectivity index (χ0n) is 14.8. The molecule has 2 rings (SSSR count). The van der Waals surface area contributed by atoms with Crippen LogP contribution in [0.4, 0.5) is 0 Å². The predicted molar refractivity (Wildman–Crippen MR) is 96.2 cm³/mol. The third kappa shape index (κ3) is 5.17. The molecule has 0 heterocycles. The van der Waals surface area contributed by atoms with E-state index in [4.69, 9.17) is 9.84 Å². The zero-order chi connectivity index (χ0) is 19.1. The average Bonchev–Trinajstić information content (AvgIpc) is 2.61. The number of ketones is 1. The van der Waals surface area contributed by atoms with Gasteiger partial charge in [-0.2, -0.15) is 0 Å². The van der Waals surface area contributed by atoms with E-state index in [0.717, 1.165) is 5.56 Å². The summed E-state index contributed by atoms with van der Waals surface area (Å²) in [6.07, 6.45) is -0.0512. The monoisotopic (exact) mass is 355 g/mol. The Bertz CT molecular complexity index is 801. The number of benzene rings is 2. The van der Waals surface area contributed by atoms with Gasteiger partial charge in [-0.1, -0.05) is 30.3 Å². The van der Waals surface area contributed by atoms with Gasteiger partial charge in [0, 0.05) is 17.7 Å². The third-order valence-electron chi connectivity index (χ3n) is 3.92. The van der Waals surface area contributed by atoms with E-state index in [9.17, 15) is 14.4 Å². The van der Waals surface area contributed by atoms with Crippen LogP contribution >= 0.6 is 0 Å². The van der Waals surface area contributed by atoms with Crippen LogP contribution in [0.1, 0.15) is 28.4 Å². The van der Waals surface area contributed by atoms with Crippen LogP contribution in [0.15, 0.2) is 48.5 Å². The molecule has 26 heavy (non-hydrogen) atoms. The summed E-state index contributed by atoms with van der Waals surface area (Å²) in [7, 11) is 1.48. The van der Waals surface area contributed by atoms with Crippen molar-refractivity contribution in [1.29, 1.82) is 0 Å². The van der Waals surface area contributed by atoms with E-state index in [1.807, 2.05) is 30.3 Å². The number of carbonyl (C=O) groups excluding carboxylic acids is 2. The SMILES string of the molecule is COc1ccc(C(C)=O)cc1CC(=O)N(CC(=O)O)Cc1ccccc1. The first kappa shape index (κ1) is 19.2. The Kier molecular flexibility index (Phi) is 6.49. The number of hydrogen-bond acceptors (Lipinski definition) is 4. The molecule has 1 amide bonds. The van der Waals surface area contributed by atoms with Crippen molar-refractivity contribution >= 4 is 17.7 Å². The lowest BCUT2D eigenvalue weighted by Crippen LogP contribution is -2.36. The number of amides is 1. The van der Waals surface area contributed by atoms with Crippen molar-refractivity contribution < 1.29 is 24.2 Å². The Balaban J connectivity index is 2.24. The summed E-state index contributed by atoms with van der Waals surface area (Å²) < 4.78 is 5.26. The van der Waals surface area contributed by atoms with E-state index in [1.54, 1.807) is 18.2 Å². The summed E-state index contributed by atoms with van der Waals surface area (Å²) in [6.45, 7) is 1.24. The van der Waals surface area contributed by atoms with Gasteiger partial charge >= 0.3 is 5.97 Å². The molecule has 0 fully saturated rings. The van der Waals surface area contributed by atoms with Gasteiger partial charge in [0.15, 0.2) is 5.78 Å². The van der Waals surface area contributed by atoms with E-state index < -0.39 is 12.5 Å². The molecule has 0 saturated heterocycles. The zero-order valence-corrected chi connectivity index (χ0v) is 14.8. The second-order valence-electron chi connectivity index (χ2n) is 5.89. The molecule has 0 aliphatic carbocycles. The van der Waals surface area contributed by atoms with E-state index >= 15 is 0 Å². The highest BCUT2D eigenvalue weighted by molar-refractivity contribution is 5.95. The molecule has 6 nitrogen and oxygen atoms in total. The third-order valence-corrected chi connectivity index (χ3v) is 3.92. The molecule has 0 saturated carbocycles. The molecule has 2 aromatic rings. The van der Waals surface area contributed by atoms with Gasteiger partial charge in [-0.3, -0.25) is 14.4 Å². The Labute approximate surface area is 152 Å². The van der Waals surface area contributed by atoms with Gasteiger partial charge in [0.1, 0.15) is 12.3 Å². The molecule has 0 radical (unpaired) electrons. The highest BCUT2D eigenvalue weighted by atomic mass is 16.5. The largest absolute Gasteiger partial charge is 0.496 e. The van der Waals surface area contributed by atoms with Gasteiger partial charge in [0.2, 0.25) is 5.91 Å². The van der Waals surface area contributed by atoms with Crippen LogP contribution in [-0.2, 0) is 22.6 Å². The smallest absolute Gasteiger partial charge is 0.323 e. The van der Waals surface area contributed by atoms with Gasteiger partial charge in [0.05, 0.1) is 13.5 Å². The Hall–Kier alpha value is -3.15. The fourth-order valence-corrected chi connectivity index (χ4v) is 2.61. The normalized spacial score (nSPS) is 10.2. The van der Waals surface area contributed by atoms with Crippen molar-refractivity contribution in [3.63, 3.8) is 0 Å². The lowest BCUT2D eigenvalue weighted by Gasteiger charge is -2.21. The summed E-state index contributed by atoms with van der Waals surface area (Å²) in [4.78, 5) is 36.7. The van der Waals surface area contributed by atoms with Crippen molar-refractivity contribution in [2.24, 2.45) is 0 Å². The topological polar surface area (TPSA) is 83.9 Å². The van der Waals surface area contributed by atoms with Gasteiger partial charge in [-0.25, -0.2) is 0 Å². The van der Waals surface area contributed by atoms with Crippen LogP contribution in [0, 0.1) is 0 Å².